The highest BCUT2D eigenvalue weighted by molar-refractivity contribution is 6.30. The van der Waals surface area contributed by atoms with Gasteiger partial charge in [-0.1, -0.05) is 30.2 Å². The molecule has 5 nitrogen and oxygen atoms in total. The van der Waals surface area contributed by atoms with E-state index in [2.05, 4.69) is 0 Å². The first-order chi connectivity index (χ1) is 16.1. The van der Waals surface area contributed by atoms with Gasteiger partial charge in [0.1, 0.15) is 11.9 Å². The molecule has 1 saturated carbocycles. The Kier molecular flexibility index (Phi) is 7.92. The molecule has 176 valence electrons. The minimum absolute atomic E-state index is 0.0203. The van der Waals surface area contributed by atoms with Gasteiger partial charge in [-0.25, -0.2) is 0 Å². The first kappa shape index (κ1) is 23.6. The molecule has 0 spiro atoms. The van der Waals surface area contributed by atoms with Crippen molar-refractivity contribution in [1.29, 1.82) is 0 Å². The maximum absolute atomic E-state index is 13.6. The van der Waals surface area contributed by atoms with Gasteiger partial charge < -0.3 is 14.5 Å². The number of nitrogens with zero attached hydrogens (tertiary/aromatic N) is 2. The lowest BCUT2D eigenvalue weighted by molar-refractivity contribution is 0.0273. The largest absolute Gasteiger partial charge is 0.487 e. The number of amides is 2. The first-order valence-corrected chi connectivity index (χ1v) is 12.6. The second-order valence-corrected chi connectivity index (χ2v) is 9.39. The van der Waals surface area contributed by atoms with Gasteiger partial charge in [-0.05, 0) is 81.8 Å². The molecular weight excluding hydrogens is 436 g/mol. The summed E-state index contributed by atoms with van der Waals surface area (Å²) in [5.41, 5.74) is 1.26. The highest BCUT2D eigenvalue weighted by atomic mass is 35.5. The molecule has 2 aromatic carbocycles. The van der Waals surface area contributed by atoms with Crippen molar-refractivity contribution in [2.75, 3.05) is 19.6 Å². The lowest BCUT2D eigenvalue weighted by Gasteiger charge is -2.40. The average molecular weight is 469 g/mol. The highest BCUT2D eigenvalue weighted by Crippen LogP contribution is 2.31. The van der Waals surface area contributed by atoms with Crippen molar-refractivity contribution in [3.8, 4) is 5.75 Å². The van der Waals surface area contributed by atoms with Crippen molar-refractivity contribution in [2.24, 2.45) is 0 Å². The van der Waals surface area contributed by atoms with Crippen molar-refractivity contribution in [3.05, 3.63) is 64.7 Å². The molecule has 0 bridgehead atoms. The number of para-hydroxylation sites is 1. The summed E-state index contributed by atoms with van der Waals surface area (Å²) < 4.78 is 6.55. The Morgan fingerprint density at radius 1 is 0.970 bits per heavy atom. The van der Waals surface area contributed by atoms with Crippen molar-refractivity contribution < 1.29 is 14.3 Å². The van der Waals surface area contributed by atoms with E-state index in [1.165, 1.54) is 0 Å². The number of ether oxygens (including phenoxy) is 1. The van der Waals surface area contributed by atoms with Gasteiger partial charge in [-0.3, -0.25) is 9.59 Å². The Labute approximate surface area is 201 Å². The molecule has 4 rings (SSSR count). The van der Waals surface area contributed by atoms with Crippen LogP contribution in [0.15, 0.2) is 48.5 Å². The van der Waals surface area contributed by atoms with Crippen LogP contribution in [0.4, 0.5) is 0 Å². The van der Waals surface area contributed by atoms with E-state index in [1.54, 1.807) is 24.3 Å². The SMILES string of the molecule is CCN1CCCCCN(C(=O)c2ccc(Cl)cc2)[C@@H]2CCCC[C@@H]2Oc2ccccc2C1=O. The van der Waals surface area contributed by atoms with Gasteiger partial charge in [0.05, 0.1) is 11.6 Å². The molecular formula is C27H33ClN2O3. The van der Waals surface area contributed by atoms with Crippen LogP contribution in [0.25, 0.3) is 0 Å². The van der Waals surface area contributed by atoms with Crippen LogP contribution in [0.3, 0.4) is 0 Å². The molecule has 0 aromatic heterocycles. The highest BCUT2D eigenvalue weighted by Gasteiger charge is 2.35. The van der Waals surface area contributed by atoms with Gasteiger partial charge in [0, 0.05) is 30.2 Å². The van der Waals surface area contributed by atoms with Crippen LogP contribution < -0.4 is 4.74 Å². The number of hydrogen-bond acceptors (Lipinski definition) is 3. The normalized spacial score (nSPS) is 22.2. The van der Waals surface area contributed by atoms with E-state index in [4.69, 9.17) is 16.3 Å². The van der Waals surface area contributed by atoms with E-state index in [-0.39, 0.29) is 24.0 Å². The number of fused-ring (bicyclic) bond motifs is 2. The van der Waals surface area contributed by atoms with Gasteiger partial charge >= 0.3 is 0 Å². The third-order valence-corrected chi connectivity index (χ3v) is 7.06. The zero-order chi connectivity index (χ0) is 23.2. The van der Waals surface area contributed by atoms with Crippen LogP contribution in [0, 0.1) is 0 Å². The maximum Gasteiger partial charge on any atom is 0.257 e. The fourth-order valence-electron chi connectivity index (χ4n) is 4.99. The van der Waals surface area contributed by atoms with Crippen LogP contribution in [-0.4, -0.2) is 53.4 Å². The van der Waals surface area contributed by atoms with Crippen LogP contribution in [0.1, 0.15) is 72.6 Å². The second kappa shape index (κ2) is 11.1. The topological polar surface area (TPSA) is 49.9 Å². The molecule has 0 saturated heterocycles. The number of rotatable bonds is 2. The number of benzene rings is 2. The number of carbonyl (C=O) groups is 2. The standard InChI is InChI=1S/C27H33ClN2O3/c1-2-29-18-8-3-9-19-30(26(31)20-14-16-21(28)17-15-20)23-11-5-7-13-25(23)33-24-12-6-4-10-22(24)27(29)32/h4,6,10,12,14-17,23,25H,2-3,5,7-9,11,13,18-19H2,1H3/t23-,25+/m1/s1. The summed E-state index contributed by atoms with van der Waals surface area (Å²) in [6, 6.07) is 14.7. The average Bonchev–Trinajstić information content (AvgIpc) is 2.85. The summed E-state index contributed by atoms with van der Waals surface area (Å²) in [6.45, 7) is 4.08. The molecule has 33 heavy (non-hydrogen) atoms. The Balaban J connectivity index is 1.68. The fourth-order valence-corrected chi connectivity index (χ4v) is 5.12. The summed E-state index contributed by atoms with van der Waals surface area (Å²) >= 11 is 6.06. The van der Waals surface area contributed by atoms with Crippen molar-refractivity contribution in [2.45, 2.75) is 64.0 Å². The molecule has 0 unspecified atom stereocenters. The summed E-state index contributed by atoms with van der Waals surface area (Å²) in [6.07, 6.45) is 6.55. The first-order valence-electron chi connectivity index (χ1n) is 12.2. The molecule has 2 amide bonds. The zero-order valence-electron chi connectivity index (χ0n) is 19.3. The van der Waals surface area contributed by atoms with E-state index >= 15 is 0 Å². The maximum atomic E-state index is 13.6. The van der Waals surface area contributed by atoms with E-state index < -0.39 is 0 Å². The van der Waals surface area contributed by atoms with Crippen molar-refractivity contribution in [3.63, 3.8) is 0 Å². The van der Waals surface area contributed by atoms with Gasteiger partial charge in [-0.15, -0.1) is 0 Å². The molecule has 2 aromatic rings. The van der Waals surface area contributed by atoms with Crippen molar-refractivity contribution in [1.82, 2.24) is 9.80 Å². The zero-order valence-corrected chi connectivity index (χ0v) is 20.1. The molecule has 6 heteroatoms. The van der Waals surface area contributed by atoms with E-state index in [9.17, 15) is 9.59 Å². The van der Waals surface area contributed by atoms with Gasteiger partial charge in [-0.2, -0.15) is 0 Å². The Morgan fingerprint density at radius 3 is 2.48 bits per heavy atom. The van der Waals surface area contributed by atoms with Crippen LogP contribution in [0.5, 0.6) is 5.75 Å². The van der Waals surface area contributed by atoms with E-state index in [0.717, 1.165) is 44.9 Å². The summed E-state index contributed by atoms with van der Waals surface area (Å²) in [5.74, 6) is 0.673. The summed E-state index contributed by atoms with van der Waals surface area (Å²) in [5, 5.41) is 0.622. The lowest BCUT2D eigenvalue weighted by atomic mass is 9.90. The fraction of sp³-hybridized carbons (Fsp3) is 0.481. The smallest absolute Gasteiger partial charge is 0.257 e. The summed E-state index contributed by atoms with van der Waals surface area (Å²) in [4.78, 5) is 30.8. The lowest BCUT2D eigenvalue weighted by Crippen LogP contribution is -2.51. The molecule has 1 fully saturated rings. The Morgan fingerprint density at radius 2 is 1.70 bits per heavy atom. The van der Waals surface area contributed by atoms with Crippen LogP contribution in [0.2, 0.25) is 5.02 Å². The molecule has 0 N–H and O–H groups in total. The van der Waals surface area contributed by atoms with Crippen LogP contribution >= 0.6 is 11.6 Å². The predicted molar refractivity (Wildman–Crippen MR) is 131 cm³/mol. The number of hydrogen-bond donors (Lipinski definition) is 0. The number of halogens is 1. The minimum Gasteiger partial charge on any atom is -0.487 e. The quantitative estimate of drug-likeness (QED) is 0.558. The van der Waals surface area contributed by atoms with E-state index in [1.807, 2.05) is 41.0 Å². The Hall–Kier alpha value is -2.53. The molecule has 2 aliphatic rings. The minimum atomic E-state index is -0.139. The van der Waals surface area contributed by atoms with Gasteiger partial charge in [0.25, 0.3) is 11.8 Å². The van der Waals surface area contributed by atoms with Crippen molar-refractivity contribution >= 4 is 23.4 Å². The monoisotopic (exact) mass is 468 g/mol. The van der Waals surface area contributed by atoms with Gasteiger partial charge in [0.15, 0.2) is 0 Å². The molecule has 0 radical (unpaired) electrons. The predicted octanol–water partition coefficient (Wildman–Crippen LogP) is 5.82. The Bertz CT molecular complexity index is 962. The second-order valence-electron chi connectivity index (χ2n) is 8.96. The van der Waals surface area contributed by atoms with Crippen LogP contribution in [-0.2, 0) is 0 Å². The summed E-state index contributed by atoms with van der Waals surface area (Å²) in [7, 11) is 0. The van der Waals surface area contributed by atoms with E-state index in [0.29, 0.717) is 41.5 Å². The third-order valence-electron chi connectivity index (χ3n) is 6.81. The van der Waals surface area contributed by atoms with Gasteiger partial charge in [0.2, 0.25) is 0 Å². The third kappa shape index (κ3) is 5.52. The number of carbonyl (C=O) groups excluding carboxylic acids is 2. The molecule has 1 aliphatic heterocycles. The molecule has 1 aliphatic carbocycles. The molecule has 2 atom stereocenters. The molecule has 1 heterocycles.